The monoisotopic (exact) mass is 535 g/mol. The topological polar surface area (TPSA) is 89.8 Å². The van der Waals surface area contributed by atoms with Crippen molar-refractivity contribution in [3.05, 3.63) is 0 Å². The van der Waals surface area contributed by atoms with Crippen molar-refractivity contribution in [2.45, 2.75) is 155 Å². The number of unbranched alkanes of at least 4 members (excludes halogenated alkanes) is 13. The summed E-state index contributed by atoms with van der Waals surface area (Å²) in [5, 5.41) is 10.9. The molecule has 0 amide bonds. The number of aliphatic hydroxyl groups is 1. The highest BCUT2D eigenvalue weighted by Gasteiger charge is 2.36. The van der Waals surface area contributed by atoms with Crippen molar-refractivity contribution >= 4 is 7.82 Å². The van der Waals surface area contributed by atoms with Gasteiger partial charge in [-0.2, -0.15) is 0 Å². The zero-order valence-corrected chi connectivity index (χ0v) is 25.5. The maximum atomic E-state index is 11.1. The summed E-state index contributed by atoms with van der Waals surface area (Å²) in [5.74, 6) is 0.604. The summed E-state index contributed by atoms with van der Waals surface area (Å²) in [6.45, 7) is 7.24. The van der Waals surface area contributed by atoms with Crippen LogP contribution in [0.1, 0.15) is 143 Å². The Morgan fingerprint density at radius 3 is 1.56 bits per heavy atom. The molecule has 4 unspecified atom stereocenters. The number of hydrogen-bond donors (Lipinski definition) is 2. The Balaban J connectivity index is 5.00. The quantitative estimate of drug-likeness (QED) is 0.0686. The Morgan fingerprint density at radius 1 is 0.722 bits per heavy atom. The van der Waals surface area contributed by atoms with E-state index in [2.05, 4.69) is 39.4 Å². The third-order valence-corrected chi connectivity index (χ3v) is 8.24. The van der Waals surface area contributed by atoms with Crippen LogP contribution in [0, 0.1) is 5.92 Å². The minimum Gasteiger partial charge on any atom is -0.756 e. The molecule has 36 heavy (non-hydrogen) atoms. The highest BCUT2D eigenvalue weighted by Crippen LogP contribution is 2.32. The number of likely N-dealkylation sites (N-methyl/N-ethyl adjacent to an activating group) is 1. The summed E-state index contributed by atoms with van der Waals surface area (Å²) in [4.78, 5) is 20.1. The minimum atomic E-state index is -4.84. The van der Waals surface area contributed by atoms with Crippen LogP contribution < -0.4 is 4.89 Å². The highest BCUT2D eigenvalue weighted by molar-refractivity contribution is 7.44. The van der Waals surface area contributed by atoms with Gasteiger partial charge in [0, 0.05) is 12.3 Å². The largest absolute Gasteiger partial charge is 0.756 e. The number of quaternary nitrogens is 1. The van der Waals surface area contributed by atoms with Gasteiger partial charge in [0.15, 0.2) is 0 Å². The van der Waals surface area contributed by atoms with E-state index in [-0.39, 0.29) is 12.6 Å². The van der Waals surface area contributed by atoms with Crippen LogP contribution in [-0.4, -0.2) is 53.9 Å². The Labute approximate surface area is 224 Å². The van der Waals surface area contributed by atoms with Gasteiger partial charge in [-0.25, -0.2) is 0 Å². The number of hydrogen-bond acceptors (Lipinski definition) is 4. The molecule has 0 aromatic heterocycles. The first kappa shape index (κ1) is 36.0. The lowest BCUT2D eigenvalue weighted by atomic mass is 9.91. The van der Waals surface area contributed by atoms with E-state index in [0.29, 0.717) is 10.4 Å². The van der Waals surface area contributed by atoms with Crippen LogP contribution >= 0.6 is 7.82 Å². The molecule has 0 radical (unpaired) electrons. The van der Waals surface area contributed by atoms with E-state index in [1.807, 2.05) is 0 Å². The van der Waals surface area contributed by atoms with Gasteiger partial charge in [-0.1, -0.05) is 117 Å². The van der Waals surface area contributed by atoms with Crippen LogP contribution in [-0.2, 0) is 9.09 Å². The second-order valence-electron chi connectivity index (χ2n) is 11.7. The summed E-state index contributed by atoms with van der Waals surface area (Å²) in [6, 6.07) is -0.123. The molecule has 0 bridgehead atoms. The van der Waals surface area contributed by atoms with E-state index in [0.717, 1.165) is 25.8 Å². The Bertz CT molecular complexity index is 540. The second-order valence-corrected chi connectivity index (χ2v) is 12.9. The molecule has 0 aromatic carbocycles. The van der Waals surface area contributed by atoms with Crippen molar-refractivity contribution in [2.75, 3.05) is 27.2 Å². The zero-order valence-electron chi connectivity index (χ0n) is 24.6. The van der Waals surface area contributed by atoms with Gasteiger partial charge in [0.25, 0.3) is 7.82 Å². The number of nitrogens with zero attached hydrogens (tertiary/aromatic N) is 1. The predicted octanol–water partition coefficient (Wildman–Crippen LogP) is 7.36. The number of phosphoric ester groups is 1. The van der Waals surface area contributed by atoms with Crippen LogP contribution in [0.3, 0.4) is 0 Å². The summed E-state index contributed by atoms with van der Waals surface area (Å²) in [6.07, 6.45) is 22.8. The van der Waals surface area contributed by atoms with Crippen molar-refractivity contribution in [1.29, 1.82) is 0 Å². The maximum absolute atomic E-state index is 11.1. The first-order valence-corrected chi connectivity index (χ1v) is 16.8. The van der Waals surface area contributed by atoms with E-state index in [4.69, 9.17) is 4.89 Å². The van der Waals surface area contributed by atoms with Crippen LogP contribution in [0.25, 0.3) is 0 Å². The Morgan fingerprint density at radius 2 is 1.14 bits per heavy atom. The van der Waals surface area contributed by atoms with E-state index < -0.39 is 13.9 Å². The third-order valence-electron chi connectivity index (χ3n) is 7.76. The Hall–Kier alpha value is 0.0300. The first-order valence-electron chi connectivity index (χ1n) is 15.3. The average Bonchev–Trinajstić information content (AvgIpc) is 2.80. The van der Waals surface area contributed by atoms with Crippen molar-refractivity contribution in [1.82, 2.24) is 0 Å². The predicted molar refractivity (Wildman–Crippen MR) is 151 cm³/mol. The van der Waals surface area contributed by atoms with Gasteiger partial charge in [0.05, 0.1) is 27.2 Å². The van der Waals surface area contributed by atoms with Gasteiger partial charge in [0.1, 0.15) is 12.1 Å². The van der Waals surface area contributed by atoms with Gasteiger partial charge in [-0.3, -0.25) is 4.57 Å². The van der Waals surface area contributed by atoms with E-state index >= 15 is 0 Å². The average molecular weight is 536 g/mol. The molecule has 0 aliphatic carbocycles. The molecule has 6 nitrogen and oxygen atoms in total. The molecule has 0 saturated carbocycles. The summed E-state index contributed by atoms with van der Waals surface area (Å²) < 4.78 is 16.3. The normalized spacial score (nSPS) is 16.6. The Kier molecular flexibility index (Phi) is 21.9. The summed E-state index contributed by atoms with van der Waals surface area (Å²) >= 11 is 0. The van der Waals surface area contributed by atoms with E-state index in [1.165, 1.54) is 103 Å². The van der Waals surface area contributed by atoms with Gasteiger partial charge in [-0.15, -0.1) is 0 Å². The highest BCUT2D eigenvalue weighted by atomic mass is 31.2. The van der Waals surface area contributed by atoms with E-state index in [9.17, 15) is 14.6 Å². The van der Waals surface area contributed by atoms with Crippen molar-refractivity contribution < 1.29 is 28.5 Å². The molecule has 0 rings (SSSR count). The SMILES string of the molecule is CCCCCCCCCCC(CCCCCCCC)C[N+](C)(C)C(CCCC)C(O)COP(=O)([O-])O. The third kappa shape index (κ3) is 20.1. The molecule has 0 aromatic rings. The molecule has 0 heterocycles. The fraction of sp³-hybridized carbons (Fsp3) is 1.00. The number of rotatable bonds is 26. The van der Waals surface area contributed by atoms with Crippen molar-refractivity contribution in [2.24, 2.45) is 5.92 Å². The molecule has 218 valence electrons. The maximum Gasteiger partial charge on any atom is 0.265 e. The molecular weight excluding hydrogens is 473 g/mol. The van der Waals surface area contributed by atoms with Gasteiger partial charge in [-0.05, 0) is 19.3 Å². The van der Waals surface area contributed by atoms with Crippen LogP contribution in [0.4, 0.5) is 0 Å². The summed E-state index contributed by atoms with van der Waals surface area (Å²) in [7, 11) is -0.504. The van der Waals surface area contributed by atoms with Gasteiger partial charge < -0.3 is 23.9 Å². The van der Waals surface area contributed by atoms with Crippen molar-refractivity contribution in [3.63, 3.8) is 0 Å². The van der Waals surface area contributed by atoms with Gasteiger partial charge in [0.2, 0.25) is 0 Å². The van der Waals surface area contributed by atoms with Crippen LogP contribution in [0.2, 0.25) is 0 Å². The fourth-order valence-electron chi connectivity index (χ4n) is 5.61. The molecule has 7 heteroatoms. The molecule has 0 aliphatic heterocycles. The minimum absolute atomic E-state index is 0.123. The zero-order chi connectivity index (χ0) is 27.3. The summed E-state index contributed by atoms with van der Waals surface area (Å²) in [5.41, 5.74) is 0. The van der Waals surface area contributed by atoms with Gasteiger partial charge >= 0.3 is 0 Å². The van der Waals surface area contributed by atoms with Crippen LogP contribution in [0.15, 0.2) is 0 Å². The molecule has 0 aliphatic rings. The van der Waals surface area contributed by atoms with E-state index in [1.54, 1.807) is 0 Å². The first-order chi connectivity index (χ1) is 17.1. The second kappa shape index (κ2) is 21.9. The number of aliphatic hydroxyl groups excluding tert-OH is 1. The molecule has 0 saturated heterocycles. The lowest BCUT2D eigenvalue weighted by Crippen LogP contribution is -2.57. The molecule has 2 N–H and O–H groups in total. The lowest BCUT2D eigenvalue weighted by Gasteiger charge is -2.43. The standard InChI is InChI=1S/C29H62NO5P/c1-6-9-12-14-16-17-19-21-23-27(22-20-18-15-13-10-7-2)25-30(4,5)28(24-11-8-3)29(31)26-35-36(32,33)34/h27-29,31H,6-26H2,1-5H3,(H-,32,33,34). The number of phosphoric acid groups is 1. The molecule has 0 fully saturated rings. The fourth-order valence-corrected chi connectivity index (χ4v) is 5.95. The smallest absolute Gasteiger partial charge is 0.265 e. The molecular formula is C29H62NO5P. The molecule has 4 atom stereocenters. The molecule has 0 spiro atoms. The van der Waals surface area contributed by atoms with Crippen molar-refractivity contribution in [3.8, 4) is 0 Å². The van der Waals surface area contributed by atoms with Crippen LogP contribution in [0.5, 0.6) is 0 Å². The lowest BCUT2D eigenvalue weighted by molar-refractivity contribution is -0.922.